The number of anilines is 1. The van der Waals surface area contributed by atoms with Crippen LogP contribution in [0.4, 0.5) is 10.5 Å². The highest BCUT2D eigenvalue weighted by Gasteiger charge is 2.36. The van der Waals surface area contributed by atoms with Gasteiger partial charge in [0.2, 0.25) is 5.91 Å². The minimum Gasteiger partial charge on any atom is -0.445 e. The molecule has 1 aliphatic heterocycles. The molecule has 0 aromatic heterocycles. The highest BCUT2D eigenvalue weighted by atomic mass is 127. The fraction of sp³-hybridized carbons (Fsp3) is 0.333. The van der Waals surface area contributed by atoms with Crippen molar-refractivity contribution in [3.8, 4) is 0 Å². The Morgan fingerprint density at radius 1 is 1.25 bits per heavy atom. The second-order valence-electron chi connectivity index (χ2n) is 6.90. The lowest BCUT2D eigenvalue weighted by atomic mass is 10.0. The zero-order valence-electron chi connectivity index (χ0n) is 15.9. The zero-order chi connectivity index (χ0) is 20.1. The quantitative estimate of drug-likeness (QED) is 0.572. The summed E-state index contributed by atoms with van der Waals surface area (Å²) in [4.78, 5) is 26.9. The van der Waals surface area contributed by atoms with E-state index >= 15 is 0 Å². The van der Waals surface area contributed by atoms with Crippen LogP contribution in [0.1, 0.15) is 30.9 Å². The number of thioether (sulfide) groups is 1. The Labute approximate surface area is 183 Å². The van der Waals surface area contributed by atoms with E-state index in [1.807, 2.05) is 42.5 Å². The first kappa shape index (κ1) is 21.0. The van der Waals surface area contributed by atoms with Gasteiger partial charge in [-0.1, -0.05) is 44.2 Å². The topological polar surface area (TPSA) is 58.6 Å². The summed E-state index contributed by atoms with van der Waals surface area (Å²) in [5.41, 5.74) is 2.81. The predicted octanol–water partition coefficient (Wildman–Crippen LogP) is 5.06. The summed E-state index contributed by atoms with van der Waals surface area (Å²) < 4.78 is 6.54. The lowest BCUT2D eigenvalue weighted by Gasteiger charge is -2.23. The third kappa shape index (κ3) is 5.20. The number of rotatable bonds is 5. The largest absolute Gasteiger partial charge is 0.445 e. The van der Waals surface area contributed by atoms with Gasteiger partial charge in [0.25, 0.3) is 0 Å². The first-order chi connectivity index (χ1) is 13.5. The van der Waals surface area contributed by atoms with E-state index in [1.54, 1.807) is 11.8 Å². The molecule has 0 bridgehead atoms. The van der Waals surface area contributed by atoms with Crippen LogP contribution in [0.3, 0.4) is 0 Å². The van der Waals surface area contributed by atoms with Gasteiger partial charge in [-0.15, -0.1) is 11.8 Å². The molecule has 1 saturated heterocycles. The molecule has 3 rings (SSSR count). The first-order valence-electron chi connectivity index (χ1n) is 9.11. The van der Waals surface area contributed by atoms with E-state index in [-0.39, 0.29) is 18.4 Å². The molecular formula is C21H23IN2O3S. The monoisotopic (exact) mass is 510 g/mol. The van der Waals surface area contributed by atoms with Crippen molar-refractivity contribution in [3.63, 3.8) is 0 Å². The number of carbonyl (C=O) groups is 2. The molecule has 0 aliphatic carbocycles. The van der Waals surface area contributed by atoms with Crippen molar-refractivity contribution in [1.29, 1.82) is 0 Å². The molecule has 2 amide bonds. The molecule has 0 unspecified atom stereocenters. The fourth-order valence-electron chi connectivity index (χ4n) is 2.98. The van der Waals surface area contributed by atoms with Crippen molar-refractivity contribution in [3.05, 3.63) is 63.2 Å². The lowest BCUT2D eigenvalue weighted by molar-refractivity contribution is -0.119. The van der Waals surface area contributed by atoms with Crippen LogP contribution in [0.15, 0.2) is 48.5 Å². The summed E-state index contributed by atoms with van der Waals surface area (Å²) in [6, 6.07) is 15.0. The molecule has 1 N–H and O–H groups in total. The van der Waals surface area contributed by atoms with Gasteiger partial charge >= 0.3 is 6.09 Å². The third-order valence-electron chi connectivity index (χ3n) is 4.52. The van der Waals surface area contributed by atoms with Crippen LogP contribution < -0.4 is 5.32 Å². The Morgan fingerprint density at radius 3 is 2.71 bits per heavy atom. The SMILES string of the molecule is CC(C)c1cc(I)ccc1NC(=O)[C@H]1CSCN1C(=O)OCc1ccccc1. The Morgan fingerprint density at radius 2 is 2.00 bits per heavy atom. The standard InChI is InChI=1S/C21H23IN2O3S/c1-14(2)17-10-16(22)8-9-18(17)23-20(25)19-12-28-13-24(19)21(26)27-11-15-6-4-3-5-7-15/h3-10,14,19H,11-13H2,1-2H3,(H,23,25)/t19-/m1/s1. The summed E-state index contributed by atoms with van der Waals surface area (Å²) in [7, 11) is 0. The highest BCUT2D eigenvalue weighted by molar-refractivity contribution is 14.1. The number of hydrogen-bond donors (Lipinski definition) is 1. The molecule has 148 valence electrons. The maximum absolute atomic E-state index is 12.9. The zero-order valence-corrected chi connectivity index (χ0v) is 18.8. The van der Waals surface area contributed by atoms with E-state index in [0.29, 0.717) is 11.6 Å². The summed E-state index contributed by atoms with van der Waals surface area (Å²) in [5, 5.41) is 3.01. The van der Waals surface area contributed by atoms with E-state index < -0.39 is 12.1 Å². The summed E-state index contributed by atoms with van der Waals surface area (Å²) in [6.07, 6.45) is -0.458. The Hall–Kier alpha value is -1.74. The number of ether oxygens (including phenoxy) is 1. The molecule has 28 heavy (non-hydrogen) atoms. The van der Waals surface area contributed by atoms with Crippen molar-refractivity contribution >= 4 is 52.0 Å². The van der Waals surface area contributed by atoms with Gasteiger partial charge in [-0.2, -0.15) is 0 Å². The molecule has 0 spiro atoms. The molecule has 0 radical (unpaired) electrons. The molecule has 1 atom stereocenters. The summed E-state index contributed by atoms with van der Waals surface area (Å²) >= 11 is 3.82. The Bertz CT molecular complexity index is 845. The van der Waals surface area contributed by atoms with E-state index in [9.17, 15) is 9.59 Å². The molecule has 1 fully saturated rings. The van der Waals surface area contributed by atoms with Crippen LogP contribution >= 0.6 is 34.4 Å². The minimum absolute atomic E-state index is 0.176. The Balaban J connectivity index is 1.65. The van der Waals surface area contributed by atoms with E-state index in [0.717, 1.165) is 20.4 Å². The van der Waals surface area contributed by atoms with Crippen LogP contribution in [0.5, 0.6) is 0 Å². The van der Waals surface area contributed by atoms with Crippen LogP contribution in [0.2, 0.25) is 0 Å². The van der Waals surface area contributed by atoms with Crippen LogP contribution in [0, 0.1) is 3.57 Å². The minimum atomic E-state index is -0.535. The maximum atomic E-state index is 12.9. The van der Waals surface area contributed by atoms with Crippen LogP contribution in [-0.4, -0.2) is 34.6 Å². The molecule has 1 heterocycles. The summed E-state index contributed by atoms with van der Waals surface area (Å²) in [5.74, 6) is 1.13. The number of amides is 2. The molecule has 2 aromatic rings. The van der Waals surface area contributed by atoms with E-state index in [1.165, 1.54) is 4.90 Å². The maximum Gasteiger partial charge on any atom is 0.411 e. The number of benzene rings is 2. The van der Waals surface area contributed by atoms with Gasteiger partial charge in [0, 0.05) is 15.0 Å². The van der Waals surface area contributed by atoms with Crippen molar-refractivity contribution in [2.45, 2.75) is 32.4 Å². The normalized spacial score (nSPS) is 16.3. The molecule has 2 aromatic carbocycles. The second kappa shape index (κ2) is 9.65. The molecule has 5 nitrogen and oxygen atoms in total. The van der Waals surface area contributed by atoms with Gasteiger partial charge in [-0.05, 0) is 57.8 Å². The van der Waals surface area contributed by atoms with Gasteiger partial charge in [-0.3, -0.25) is 9.69 Å². The molecular weight excluding hydrogens is 487 g/mol. The van der Waals surface area contributed by atoms with Gasteiger partial charge in [-0.25, -0.2) is 4.79 Å². The molecule has 1 aliphatic rings. The summed E-state index contributed by atoms with van der Waals surface area (Å²) in [6.45, 7) is 4.39. The van der Waals surface area contributed by atoms with Crippen molar-refractivity contribution < 1.29 is 14.3 Å². The fourth-order valence-corrected chi connectivity index (χ4v) is 4.64. The van der Waals surface area contributed by atoms with Gasteiger partial charge in [0.15, 0.2) is 0 Å². The van der Waals surface area contributed by atoms with Crippen molar-refractivity contribution in [1.82, 2.24) is 4.90 Å². The molecule has 0 saturated carbocycles. The number of nitrogens with one attached hydrogen (secondary N) is 1. The van der Waals surface area contributed by atoms with Crippen LogP contribution in [0.25, 0.3) is 0 Å². The van der Waals surface area contributed by atoms with E-state index in [4.69, 9.17) is 4.74 Å². The van der Waals surface area contributed by atoms with Gasteiger partial charge < -0.3 is 10.1 Å². The smallest absolute Gasteiger partial charge is 0.411 e. The Kier molecular flexibility index (Phi) is 7.23. The first-order valence-corrected chi connectivity index (χ1v) is 11.3. The highest BCUT2D eigenvalue weighted by Crippen LogP contribution is 2.28. The third-order valence-corrected chi connectivity index (χ3v) is 6.20. The van der Waals surface area contributed by atoms with Crippen molar-refractivity contribution in [2.75, 3.05) is 16.9 Å². The van der Waals surface area contributed by atoms with Gasteiger partial charge in [0.1, 0.15) is 12.6 Å². The van der Waals surface area contributed by atoms with E-state index in [2.05, 4.69) is 47.8 Å². The van der Waals surface area contributed by atoms with Crippen LogP contribution in [-0.2, 0) is 16.1 Å². The predicted molar refractivity (Wildman–Crippen MR) is 121 cm³/mol. The lowest BCUT2D eigenvalue weighted by Crippen LogP contribution is -2.44. The number of carbonyl (C=O) groups excluding carboxylic acids is 2. The average Bonchev–Trinajstić information content (AvgIpc) is 3.18. The van der Waals surface area contributed by atoms with Gasteiger partial charge in [0.05, 0.1) is 5.88 Å². The van der Waals surface area contributed by atoms with Crippen molar-refractivity contribution in [2.24, 2.45) is 0 Å². The number of hydrogen-bond acceptors (Lipinski definition) is 4. The molecule has 7 heteroatoms. The number of nitrogens with zero attached hydrogens (tertiary/aromatic N) is 1. The average molecular weight is 510 g/mol. The number of halogens is 1. The second-order valence-corrected chi connectivity index (χ2v) is 9.15.